The third-order valence-corrected chi connectivity index (χ3v) is 6.96. The van der Waals surface area contributed by atoms with Crippen LogP contribution in [0.25, 0.3) is 11.1 Å². The Kier molecular flexibility index (Phi) is 7.36. The summed E-state index contributed by atoms with van der Waals surface area (Å²) in [5.74, 6) is -0.0281. The summed E-state index contributed by atoms with van der Waals surface area (Å²) in [4.78, 5) is 45.7. The molecule has 192 valence electrons. The van der Waals surface area contributed by atoms with Crippen LogP contribution in [0.5, 0.6) is 0 Å². The SMILES string of the molecule is CC(=O)N1c2ccc(-c3ccc(C(=O)N4CCC(N(C)C)C4)cc3)cc2N(C(=O)OC(C)C)CC1C. The molecule has 0 radical (unpaired) electrons. The van der Waals surface area contributed by atoms with Gasteiger partial charge in [-0.2, -0.15) is 0 Å². The molecule has 2 heterocycles. The van der Waals surface area contributed by atoms with E-state index in [-0.39, 0.29) is 24.0 Å². The van der Waals surface area contributed by atoms with Crippen molar-refractivity contribution in [1.82, 2.24) is 9.80 Å². The predicted octanol–water partition coefficient (Wildman–Crippen LogP) is 4.24. The van der Waals surface area contributed by atoms with Crippen molar-refractivity contribution in [2.75, 3.05) is 43.5 Å². The largest absolute Gasteiger partial charge is 0.446 e. The van der Waals surface area contributed by atoms with Gasteiger partial charge in [-0.1, -0.05) is 18.2 Å². The molecule has 2 aliphatic heterocycles. The van der Waals surface area contributed by atoms with E-state index in [1.807, 2.05) is 82.2 Å². The van der Waals surface area contributed by atoms with E-state index in [9.17, 15) is 14.4 Å². The normalized spacial score (nSPS) is 19.6. The van der Waals surface area contributed by atoms with Crippen LogP contribution in [0, 0.1) is 0 Å². The van der Waals surface area contributed by atoms with Crippen LogP contribution in [0.2, 0.25) is 0 Å². The molecule has 8 nitrogen and oxygen atoms in total. The second kappa shape index (κ2) is 10.3. The van der Waals surface area contributed by atoms with Crippen LogP contribution in [0.1, 0.15) is 44.5 Å². The van der Waals surface area contributed by atoms with Gasteiger partial charge in [-0.15, -0.1) is 0 Å². The Morgan fingerprint density at radius 1 is 0.972 bits per heavy atom. The number of likely N-dealkylation sites (N-methyl/N-ethyl adjacent to an activating group) is 1. The number of hydrogen-bond donors (Lipinski definition) is 0. The molecular formula is C28H36N4O4. The lowest BCUT2D eigenvalue weighted by Gasteiger charge is -2.40. The predicted molar refractivity (Wildman–Crippen MR) is 141 cm³/mol. The average Bonchev–Trinajstić information content (AvgIpc) is 3.33. The van der Waals surface area contributed by atoms with Crippen LogP contribution in [0.3, 0.4) is 0 Å². The lowest BCUT2D eigenvalue weighted by molar-refractivity contribution is -0.117. The molecule has 0 aromatic heterocycles. The van der Waals surface area contributed by atoms with Crippen LogP contribution in [0.4, 0.5) is 16.2 Å². The monoisotopic (exact) mass is 492 g/mol. The fraction of sp³-hybridized carbons (Fsp3) is 0.464. The quantitative estimate of drug-likeness (QED) is 0.639. The lowest BCUT2D eigenvalue weighted by atomic mass is 9.99. The summed E-state index contributed by atoms with van der Waals surface area (Å²) in [5.41, 5.74) is 3.80. The molecule has 2 unspecified atom stereocenters. The van der Waals surface area contributed by atoms with Crippen LogP contribution in [-0.2, 0) is 9.53 Å². The fourth-order valence-corrected chi connectivity index (χ4v) is 5.06. The number of ether oxygens (including phenoxy) is 1. The van der Waals surface area contributed by atoms with Gasteiger partial charge < -0.3 is 19.4 Å². The Morgan fingerprint density at radius 2 is 1.64 bits per heavy atom. The van der Waals surface area contributed by atoms with E-state index in [0.29, 0.717) is 29.5 Å². The lowest BCUT2D eigenvalue weighted by Crippen LogP contribution is -2.51. The van der Waals surface area contributed by atoms with E-state index in [0.717, 1.165) is 30.6 Å². The molecule has 2 aliphatic rings. The summed E-state index contributed by atoms with van der Waals surface area (Å²) < 4.78 is 5.49. The van der Waals surface area contributed by atoms with Gasteiger partial charge in [0.1, 0.15) is 0 Å². The van der Waals surface area contributed by atoms with Gasteiger partial charge in [0.25, 0.3) is 5.91 Å². The number of anilines is 2. The molecule has 2 aromatic rings. The highest BCUT2D eigenvalue weighted by Gasteiger charge is 2.35. The summed E-state index contributed by atoms with van der Waals surface area (Å²) >= 11 is 0. The number of hydrogen-bond acceptors (Lipinski definition) is 5. The highest BCUT2D eigenvalue weighted by atomic mass is 16.6. The molecule has 0 bridgehead atoms. The van der Waals surface area contributed by atoms with Crippen molar-refractivity contribution in [3.05, 3.63) is 48.0 Å². The number of likely N-dealkylation sites (tertiary alicyclic amines) is 1. The molecule has 2 aromatic carbocycles. The number of carbonyl (C=O) groups is 3. The number of benzene rings is 2. The Bertz CT molecular complexity index is 1140. The Hall–Kier alpha value is -3.39. The standard InChI is InChI=1S/C28H36N4O4/c1-18(2)36-28(35)31-16-19(3)32(20(4)33)25-12-11-23(15-26(25)31)21-7-9-22(10-8-21)27(34)30-14-13-24(17-30)29(5)6/h7-12,15,18-19,24H,13-14,16-17H2,1-6H3. The topological polar surface area (TPSA) is 73.4 Å². The van der Waals surface area contributed by atoms with Gasteiger partial charge in [-0.05, 0) is 76.7 Å². The number of carbonyl (C=O) groups excluding carboxylic acids is 3. The number of nitrogens with zero attached hydrogens (tertiary/aromatic N) is 4. The first-order chi connectivity index (χ1) is 17.1. The maximum Gasteiger partial charge on any atom is 0.414 e. The minimum atomic E-state index is -0.430. The van der Waals surface area contributed by atoms with Crippen LogP contribution >= 0.6 is 0 Å². The second-order valence-electron chi connectivity index (χ2n) is 10.2. The van der Waals surface area contributed by atoms with Gasteiger partial charge in [0.05, 0.1) is 23.5 Å². The minimum Gasteiger partial charge on any atom is -0.446 e. The molecule has 0 saturated carbocycles. The second-order valence-corrected chi connectivity index (χ2v) is 10.2. The van der Waals surface area contributed by atoms with Crippen LogP contribution in [-0.4, -0.2) is 79.6 Å². The first kappa shape index (κ1) is 25.7. The third-order valence-electron chi connectivity index (χ3n) is 6.96. The highest BCUT2D eigenvalue weighted by molar-refractivity contribution is 6.03. The van der Waals surface area contributed by atoms with Crippen molar-refractivity contribution in [2.45, 2.75) is 52.3 Å². The third kappa shape index (κ3) is 5.09. The highest BCUT2D eigenvalue weighted by Crippen LogP contribution is 2.39. The van der Waals surface area contributed by atoms with Gasteiger partial charge in [-0.3, -0.25) is 14.5 Å². The van der Waals surface area contributed by atoms with Crippen molar-refractivity contribution in [3.63, 3.8) is 0 Å². The number of fused-ring (bicyclic) bond motifs is 1. The molecular weight excluding hydrogens is 456 g/mol. The van der Waals surface area contributed by atoms with Gasteiger partial charge in [-0.25, -0.2) is 4.79 Å². The summed E-state index contributed by atoms with van der Waals surface area (Å²) in [7, 11) is 4.10. The van der Waals surface area contributed by atoms with Crippen LogP contribution in [0.15, 0.2) is 42.5 Å². The van der Waals surface area contributed by atoms with Crippen molar-refractivity contribution < 1.29 is 19.1 Å². The van der Waals surface area contributed by atoms with Gasteiger partial charge in [0, 0.05) is 38.2 Å². The van der Waals surface area contributed by atoms with Gasteiger partial charge >= 0.3 is 6.09 Å². The molecule has 0 aliphatic carbocycles. The Balaban J connectivity index is 1.62. The van der Waals surface area contributed by atoms with E-state index in [1.165, 1.54) is 6.92 Å². The van der Waals surface area contributed by atoms with Crippen molar-refractivity contribution >= 4 is 29.3 Å². The van der Waals surface area contributed by atoms with E-state index < -0.39 is 6.09 Å². The fourth-order valence-electron chi connectivity index (χ4n) is 5.06. The molecule has 4 rings (SSSR count). The Morgan fingerprint density at radius 3 is 2.22 bits per heavy atom. The molecule has 8 heteroatoms. The van der Waals surface area contributed by atoms with E-state index >= 15 is 0 Å². The zero-order chi connectivity index (χ0) is 26.1. The van der Waals surface area contributed by atoms with Crippen LogP contribution < -0.4 is 9.80 Å². The van der Waals surface area contributed by atoms with E-state index in [4.69, 9.17) is 4.74 Å². The molecule has 36 heavy (non-hydrogen) atoms. The van der Waals surface area contributed by atoms with Gasteiger partial charge in [0.2, 0.25) is 5.91 Å². The van der Waals surface area contributed by atoms with Gasteiger partial charge in [0.15, 0.2) is 0 Å². The summed E-state index contributed by atoms with van der Waals surface area (Å²) in [6.07, 6.45) is 0.303. The van der Waals surface area contributed by atoms with E-state index in [2.05, 4.69) is 4.90 Å². The summed E-state index contributed by atoms with van der Waals surface area (Å²) in [5, 5.41) is 0. The first-order valence-corrected chi connectivity index (χ1v) is 12.5. The minimum absolute atomic E-state index is 0.0463. The molecule has 0 N–H and O–H groups in total. The summed E-state index contributed by atoms with van der Waals surface area (Å²) in [6, 6.07) is 13.5. The smallest absolute Gasteiger partial charge is 0.414 e. The maximum absolute atomic E-state index is 13.0. The zero-order valence-corrected chi connectivity index (χ0v) is 22.0. The van der Waals surface area contributed by atoms with E-state index in [1.54, 1.807) is 9.80 Å². The Labute approximate surface area is 213 Å². The number of amides is 3. The first-order valence-electron chi connectivity index (χ1n) is 12.5. The zero-order valence-electron chi connectivity index (χ0n) is 22.0. The van der Waals surface area contributed by atoms with Crippen molar-refractivity contribution in [3.8, 4) is 11.1 Å². The molecule has 1 fully saturated rings. The average molecular weight is 493 g/mol. The molecule has 1 saturated heterocycles. The molecule has 3 amide bonds. The van der Waals surface area contributed by atoms with Crippen molar-refractivity contribution in [2.24, 2.45) is 0 Å². The molecule has 0 spiro atoms. The number of rotatable bonds is 4. The maximum atomic E-state index is 13.0. The molecule has 2 atom stereocenters. The van der Waals surface area contributed by atoms with Crippen molar-refractivity contribution in [1.29, 1.82) is 0 Å². The summed E-state index contributed by atoms with van der Waals surface area (Å²) in [6.45, 7) is 8.94.